The minimum Gasteiger partial charge on any atom is -0.396 e. The van der Waals surface area contributed by atoms with Crippen LogP contribution in [0.1, 0.15) is 11.1 Å². The Morgan fingerprint density at radius 1 is 1.16 bits per heavy atom. The number of benzene rings is 1. The third kappa shape index (κ3) is 2.96. The summed E-state index contributed by atoms with van der Waals surface area (Å²) in [5.74, 6) is 0.694. The maximum absolute atomic E-state index is 5.96. The van der Waals surface area contributed by atoms with Crippen molar-refractivity contribution in [2.75, 3.05) is 30.0 Å². The van der Waals surface area contributed by atoms with Gasteiger partial charge in [0.15, 0.2) is 5.82 Å². The third-order valence-corrected chi connectivity index (χ3v) is 3.01. The first-order valence-electron chi connectivity index (χ1n) is 6.24. The molecule has 0 aliphatic heterocycles. The van der Waals surface area contributed by atoms with Crippen LogP contribution in [0.25, 0.3) is 0 Å². The molecule has 4 heteroatoms. The highest BCUT2D eigenvalue weighted by Gasteiger charge is 2.05. The molecule has 0 aliphatic carbocycles. The predicted molar refractivity (Wildman–Crippen MR) is 82.2 cm³/mol. The molecular formula is C15H20N4. The Balaban J connectivity index is 2.31. The Bertz CT molecular complexity index is 591. The Morgan fingerprint density at radius 2 is 1.89 bits per heavy atom. The molecule has 0 amide bonds. The minimum absolute atomic E-state index is 0.659. The highest BCUT2D eigenvalue weighted by Crippen LogP contribution is 2.26. The van der Waals surface area contributed by atoms with E-state index in [9.17, 15) is 0 Å². The summed E-state index contributed by atoms with van der Waals surface area (Å²) in [4.78, 5) is 6.41. The molecule has 2 aromatic rings. The van der Waals surface area contributed by atoms with Gasteiger partial charge in [0.05, 0.1) is 5.69 Å². The quantitative estimate of drug-likeness (QED) is 0.886. The molecule has 0 bridgehead atoms. The summed E-state index contributed by atoms with van der Waals surface area (Å²) >= 11 is 0. The SMILES string of the molecule is Cc1cnc(Nc2ccc(C)c(N(C)C)c2)c(N)c1. The molecule has 0 saturated carbocycles. The molecule has 0 aliphatic rings. The van der Waals surface area contributed by atoms with Gasteiger partial charge in [-0.1, -0.05) is 6.07 Å². The number of hydrogen-bond acceptors (Lipinski definition) is 4. The zero-order valence-electron chi connectivity index (χ0n) is 11.9. The van der Waals surface area contributed by atoms with E-state index in [2.05, 4.69) is 34.3 Å². The second kappa shape index (κ2) is 5.18. The average Bonchev–Trinajstić information content (AvgIpc) is 2.34. The van der Waals surface area contributed by atoms with Gasteiger partial charge >= 0.3 is 0 Å². The molecular weight excluding hydrogens is 236 g/mol. The van der Waals surface area contributed by atoms with E-state index < -0.39 is 0 Å². The van der Waals surface area contributed by atoms with Crippen molar-refractivity contribution in [3.05, 3.63) is 41.6 Å². The normalized spacial score (nSPS) is 10.3. The van der Waals surface area contributed by atoms with Gasteiger partial charge in [0.25, 0.3) is 0 Å². The second-order valence-electron chi connectivity index (χ2n) is 4.97. The Kier molecular flexibility index (Phi) is 3.60. The van der Waals surface area contributed by atoms with Gasteiger partial charge < -0.3 is 16.0 Å². The highest BCUT2D eigenvalue weighted by atomic mass is 15.1. The van der Waals surface area contributed by atoms with Crippen molar-refractivity contribution >= 4 is 22.9 Å². The van der Waals surface area contributed by atoms with Gasteiger partial charge in [0.1, 0.15) is 0 Å². The highest BCUT2D eigenvalue weighted by molar-refractivity contribution is 5.72. The van der Waals surface area contributed by atoms with Crippen molar-refractivity contribution in [3.8, 4) is 0 Å². The number of pyridine rings is 1. The maximum atomic E-state index is 5.96. The molecule has 1 aromatic carbocycles. The monoisotopic (exact) mass is 256 g/mol. The molecule has 4 nitrogen and oxygen atoms in total. The van der Waals surface area contributed by atoms with Gasteiger partial charge in [0.2, 0.25) is 0 Å². The largest absolute Gasteiger partial charge is 0.396 e. The lowest BCUT2D eigenvalue weighted by Crippen LogP contribution is -2.10. The first-order valence-corrected chi connectivity index (χ1v) is 6.24. The number of nitrogens with one attached hydrogen (secondary N) is 1. The molecule has 0 spiro atoms. The molecule has 0 radical (unpaired) electrons. The van der Waals surface area contributed by atoms with Gasteiger partial charge in [-0.25, -0.2) is 4.98 Å². The van der Waals surface area contributed by atoms with E-state index in [1.165, 1.54) is 11.3 Å². The summed E-state index contributed by atoms with van der Waals surface area (Å²) in [6.45, 7) is 4.07. The number of nitrogen functional groups attached to an aromatic ring is 1. The lowest BCUT2D eigenvalue weighted by Gasteiger charge is -2.17. The summed E-state index contributed by atoms with van der Waals surface area (Å²) < 4.78 is 0. The van der Waals surface area contributed by atoms with Crippen LogP contribution in [0.3, 0.4) is 0 Å². The lowest BCUT2D eigenvalue weighted by atomic mass is 10.1. The molecule has 3 N–H and O–H groups in total. The number of aryl methyl sites for hydroxylation is 2. The van der Waals surface area contributed by atoms with Crippen molar-refractivity contribution < 1.29 is 0 Å². The predicted octanol–water partition coefficient (Wildman–Crippen LogP) is 3.09. The zero-order valence-corrected chi connectivity index (χ0v) is 11.9. The number of rotatable bonds is 3. The van der Waals surface area contributed by atoms with Crippen LogP contribution in [0.4, 0.5) is 22.9 Å². The molecule has 19 heavy (non-hydrogen) atoms. The standard InChI is InChI=1S/C15H20N4/c1-10-7-13(16)15(17-9-10)18-12-6-5-11(2)14(8-12)19(3)4/h5-9H,16H2,1-4H3,(H,17,18). The summed E-state index contributed by atoms with van der Waals surface area (Å²) in [7, 11) is 4.06. The van der Waals surface area contributed by atoms with Crippen LogP contribution in [0, 0.1) is 13.8 Å². The minimum atomic E-state index is 0.659. The molecule has 100 valence electrons. The number of anilines is 4. The van der Waals surface area contributed by atoms with Gasteiger partial charge in [0, 0.05) is 31.7 Å². The molecule has 0 atom stereocenters. The van der Waals surface area contributed by atoms with Crippen LogP contribution in [0.2, 0.25) is 0 Å². The van der Waals surface area contributed by atoms with Crippen LogP contribution in [-0.2, 0) is 0 Å². The molecule has 0 fully saturated rings. The van der Waals surface area contributed by atoms with Gasteiger partial charge in [-0.3, -0.25) is 0 Å². The van der Waals surface area contributed by atoms with Crippen molar-refractivity contribution in [1.82, 2.24) is 4.98 Å². The average molecular weight is 256 g/mol. The summed E-state index contributed by atoms with van der Waals surface area (Å²) in [6.07, 6.45) is 1.81. The second-order valence-corrected chi connectivity index (χ2v) is 4.97. The van der Waals surface area contributed by atoms with E-state index in [0.29, 0.717) is 11.5 Å². The molecule has 1 aromatic heterocycles. The van der Waals surface area contributed by atoms with Crippen molar-refractivity contribution in [1.29, 1.82) is 0 Å². The maximum Gasteiger partial charge on any atom is 0.153 e. The van der Waals surface area contributed by atoms with Gasteiger partial charge in [-0.05, 0) is 43.2 Å². The molecule has 0 unspecified atom stereocenters. The van der Waals surface area contributed by atoms with Crippen LogP contribution in [0.15, 0.2) is 30.5 Å². The number of nitrogens with zero attached hydrogens (tertiary/aromatic N) is 2. The smallest absolute Gasteiger partial charge is 0.153 e. The first kappa shape index (κ1) is 13.2. The zero-order chi connectivity index (χ0) is 14.0. The fourth-order valence-electron chi connectivity index (χ4n) is 2.00. The molecule has 0 saturated heterocycles. The van der Waals surface area contributed by atoms with E-state index in [0.717, 1.165) is 11.3 Å². The fraction of sp³-hybridized carbons (Fsp3) is 0.267. The topological polar surface area (TPSA) is 54.2 Å². The van der Waals surface area contributed by atoms with E-state index in [-0.39, 0.29) is 0 Å². The van der Waals surface area contributed by atoms with Crippen LogP contribution in [-0.4, -0.2) is 19.1 Å². The van der Waals surface area contributed by atoms with Crippen molar-refractivity contribution in [2.24, 2.45) is 0 Å². The fourth-order valence-corrected chi connectivity index (χ4v) is 2.00. The van der Waals surface area contributed by atoms with Gasteiger partial charge in [-0.2, -0.15) is 0 Å². The summed E-state index contributed by atoms with van der Waals surface area (Å²) in [6, 6.07) is 8.12. The van der Waals surface area contributed by atoms with Crippen molar-refractivity contribution in [2.45, 2.75) is 13.8 Å². The van der Waals surface area contributed by atoms with Crippen LogP contribution >= 0.6 is 0 Å². The molecule has 1 heterocycles. The van der Waals surface area contributed by atoms with Crippen molar-refractivity contribution in [3.63, 3.8) is 0 Å². The Morgan fingerprint density at radius 3 is 2.53 bits per heavy atom. The number of aromatic nitrogens is 1. The van der Waals surface area contributed by atoms with Crippen LogP contribution in [0.5, 0.6) is 0 Å². The third-order valence-electron chi connectivity index (χ3n) is 3.01. The lowest BCUT2D eigenvalue weighted by molar-refractivity contribution is 1.11. The van der Waals surface area contributed by atoms with E-state index >= 15 is 0 Å². The van der Waals surface area contributed by atoms with Gasteiger partial charge in [-0.15, -0.1) is 0 Å². The van der Waals surface area contributed by atoms with E-state index in [4.69, 9.17) is 5.73 Å². The Hall–Kier alpha value is -2.23. The number of nitrogens with two attached hydrogens (primary N) is 1. The Labute approximate surface area is 114 Å². The number of hydrogen-bond donors (Lipinski definition) is 2. The summed E-state index contributed by atoms with van der Waals surface area (Å²) in [5.41, 5.74) is 11.1. The van der Waals surface area contributed by atoms with Crippen LogP contribution < -0.4 is 16.0 Å². The molecule has 2 rings (SSSR count). The summed E-state index contributed by atoms with van der Waals surface area (Å²) in [5, 5.41) is 3.26. The van der Waals surface area contributed by atoms with E-state index in [1.54, 1.807) is 6.20 Å². The van der Waals surface area contributed by atoms with E-state index in [1.807, 2.05) is 33.2 Å². The first-order chi connectivity index (χ1) is 8.97.